The van der Waals surface area contributed by atoms with E-state index < -0.39 is 0 Å². The van der Waals surface area contributed by atoms with E-state index in [2.05, 4.69) is 24.1 Å². The SMILES string of the molecule is CCCNC(=O)C(C)N(CCC)CCN. The Morgan fingerprint density at radius 1 is 1.33 bits per heavy atom. The quantitative estimate of drug-likeness (QED) is 0.622. The Kier molecular flexibility index (Phi) is 8.33. The van der Waals surface area contributed by atoms with Gasteiger partial charge in [0, 0.05) is 19.6 Å². The molecule has 3 N–H and O–H groups in total. The maximum Gasteiger partial charge on any atom is 0.237 e. The molecule has 15 heavy (non-hydrogen) atoms. The molecule has 0 aromatic heterocycles. The fraction of sp³-hybridized carbons (Fsp3) is 0.909. The highest BCUT2D eigenvalue weighted by molar-refractivity contribution is 5.81. The van der Waals surface area contributed by atoms with Crippen LogP contribution in [0.4, 0.5) is 0 Å². The minimum absolute atomic E-state index is 0.0694. The van der Waals surface area contributed by atoms with E-state index in [0.717, 1.165) is 32.5 Å². The van der Waals surface area contributed by atoms with Gasteiger partial charge in [-0.1, -0.05) is 13.8 Å². The molecule has 0 aromatic rings. The van der Waals surface area contributed by atoms with Crippen molar-refractivity contribution in [3.63, 3.8) is 0 Å². The van der Waals surface area contributed by atoms with Crippen molar-refractivity contribution in [2.45, 2.75) is 39.7 Å². The van der Waals surface area contributed by atoms with Gasteiger partial charge in [0.2, 0.25) is 5.91 Å². The van der Waals surface area contributed by atoms with Gasteiger partial charge in [-0.2, -0.15) is 0 Å². The van der Waals surface area contributed by atoms with E-state index >= 15 is 0 Å². The Labute approximate surface area is 93.2 Å². The second-order valence-corrected chi connectivity index (χ2v) is 3.79. The average Bonchev–Trinajstić information content (AvgIpc) is 2.24. The second-order valence-electron chi connectivity index (χ2n) is 3.79. The van der Waals surface area contributed by atoms with Gasteiger partial charge < -0.3 is 11.1 Å². The zero-order valence-electron chi connectivity index (χ0n) is 10.3. The normalized spacial score (nSPS) is 12.9. The van der Waals surface area contributed by atoms with Gasteiger partial charge >= 0.3 is 0 Å². The van der Waals surface area contributed by atoms with Gasteiger partial charge in [-0.3, -0.25) is 9.69 Å². The number of amides is 1. The van der Waals surface area contributed by atoms with Crippen LogP contribution >= 0.6 is 0 Å². The Hall–Kier alpha value is -0.610. The van der Waals surface area contributed by atoms with Crippen molar-refractivity contribution in [2.75, 3.05) is 26.2 Å². The molecule has 0 aliphatic carbocycles. The van der Waals surface area contributed by atoms with Crippen molar-refractivity contribution >= 4 is 5.91 Å². The van der Waals surface area contributed by atoms with Crippen LogP contribution in [0.5, 0.6) is 0 Å². The molecule has 4 heteroatoms. The molecule has 4 nitrogen and oxygen atoms in total. The Morgan fingerprint density at radius 3 is 2.47 bits per heavy atom. The maximum absolute atomic E-state index is 11.7. The van der Waals surface area contributed by atoms with Crippen molar-refractivity contribution in [1.82, 2.24) is 10.2 Å². The van der Waals surface area contributed by atoms with Crippen LogP contribution in [0.3, 0.4) is 0 Å². The maximum atomic E-state index is 11.7. The molecule has 1 atom stereocenters. The number of rotatable bonds is 8. The minimum Gasteiger partial charge on any atom is -0.355 e. The standard InChI is InChI=1S/C11H25N3O/c1-4-7-13-11(15)10(3)14(8-5-2)9-6-12/h10H,4-9,12H2,1-3H3,(H,13,15). The number of nitrogens with one attached hydrogen (secondary N) is 1. The lowest BCUT2D eigenvalue weighted by Crippen LogP contribution is -2.47. The van der Waals surface area contributed by atoms with Crippen LogP contribution in [-0.4, -0.2) is 43.0 Å². The first-order chi connectivity index (χ1) is 7.17. The summed E-state index contributed by atoms with van der Waals surface area (Å²) in [6.07, 6.45) is 2.02. The van der Waals surface area contributed by atoms with E-state index in [1.165, 1.54) is 0 Å². The molecule has 0 fully saturated rings. The van der Waals surface area contributed by atoms with Crippen LogP contribution in [0.25, 0.3) is 0 Å². The Balaban J connectivity index is 4.08. The molecular formula is C11H25N3O. The molecule has 90 valence electrons. The van der Waals surface area contributed by atoms with Crippen molar-refractivity contribution < 1.29 is 4.79 Å². The number of nitrogens with two attached hydrogens (primary N) is 1. The zero-order chi connectivity index (χ0) is 11.7. The highest BCUT2D eigenvalue weighted by Gasteiger charge is 2.18. The molecule has 0 aromatic carbocycles. The molecule has 0 radical (unpaired) electrons. The average molecular weight is 215 g/mol. The molecular weight excluding hydrogens is 190 g/mol. The summed E-state index contributed by atoms with van der Waals surface area (Å²) in [6.45, 7) is 9.18. The van der Waals surface area contributed by atoms with E-state index in [9.17, 15) is 4.79 Å². The predicted molar refractivity (Wildman–Crippen MR) is 63.7 cm³/mol. The largest absolute Gasteiger partial charge is 0.355 e. The first kappa shape index (κ1) is 14.4. The molecule has 0 aliphatic rings. The van der Waals surface area contributed by atoms with Crippen LogP contribution in [-0.2, 0) is 4.79 Å². The van der Waals surface area contributed by atoms with Gasteiger partial charge in [0.05, 0.1) is 6.04 Å². The van der Waals surface area contributed by atoms with Crippen LogP contribution in [0.2, 0.25) is 0 Å². The fourth-order valence-corrected chi connectivity index (χ4v) is 1.51. The zero-order valence-corrected chi connectivity index (χ0v) is 10.3. The second kappa shape index (κ2) is 8.68. The summed E-state index contributed by atoms with van der Waals surface area (Å²) in [6, 6.07) is -0.0694. The van der Waals surface area contributed by atoms with Gasteiger partial charge in [0.15, 0.2) is 0 Å². The molecule has 0 saturated heterocycles. The van der Waals surface area contributed by atoms with Gasteiger partial charge in [-0.05, 0) is 26.3 Å². The highest BCUT2D eigenvalue weighted by Crippen LogP contribution is 2.00. The number of hydrogen-bond donors (Lipinski definition) is 2. The van der Waals surface area contributed by atoms with Crippen molar-refractivity contribution in [1.29, 1.82) is 0 Å². The van der Waals surface area contributed by atoms with Gasteiger partial charge in [0.1, 0.15) is 0 Å². The Bertz CT molecular complexity index is 167. The number of nitrogens with zero attached hydrogens (tertiary/aromatic N) is 1. The molecule has 0 rings (SSSR count). The predicted octanol–water partition coefficient (Wildman–Crippen LogP) is 0.572. The summed E-state index contributed by atoms with van der Waals surface area (Å²) in [5, 5.41) is 2.91. The molecule has 0 aliphatic heterocycles. The van der Waals surface area contributed by atoms with E-state index in [4.69, 9.17) is 5.73 Å². The third-order valence-electron chi connectivity index (χ3n) is 2.40. The summed E-state index contributed by atoms with van der Waals surface area (Å²) >= 11 is 0. The van der Waals surface area contributed by atoms with Crippen molar-refractivity contribution in [3.8, 4) is 0 Å². The molecule has 0 saturated carbocycles. The molecule has 0 spiro atoms. The molecule has 1 unspecified atom stereocenters. The van der Waals surface area contributed by atoms with E-state index in [0.29, 0.717) is 6.54 Å². The third kappa shape index (κ3) is 5.74. The molecule has 0 heterocycles. The lowest BCUT2D eigenvalue weighted by atomic mass is 10.2. The van der Waals surface area contributed by atoms with E-state index in [1.807, 2.05) is 6.92 Å². The van der Waals surface area contributed by atoms with Crippen LogP contribution < -0.4 is 11.1 Å². The molecule has 0 bridgehead atoms. The summed E-state index contributed by atoms with van der Waals surface area (Å²) in [5.41, 5.74) is 5.52. The van der Waals surface area contributed by atoms with Crippen LogP contribution in [0, 0.1) is 0 Å². The molecule has 1 amide bonds. The van der Waals surface area contributed by atoms with Crippen LogP contribution in [0.15, 0.2) is 0 Å². The summed E-state index contributed by atoms with van der Waals surface area (Å²) in [7, 11) is 0. The van der Waals surface area contributed by atoms with Gasteiger partial charge in [-0.15, -0.1) is 0 Å². The number of hydrogen-bond acceptors (Lipinski definition) is 3. The van der Waals surface area contributed by atoms with Gasteiger partial charge in [0.25, 0.3) is 0 Å². The first-order valence-electron chi connectivity index (χ1n) is 5.89. The summed E-state index contributed by atoms with van der Waals surface area (Å²) in [4.78, 5) is 13.8. The third-order valence-corrected chi connectivity index (χ3v) is 2.40. The first-order valence-corrected chi connectivity index (χ1v) is 5.89. The minimum atomic E-state index is -0.0694. The lowest BCUT2D eigenvalue weighted by molar-refractivity contribution is -0.125. The Morgan fingerprint density at radius 2 is 2.00 bits per heavy atom. The van der Waals surface area contributed by atoms with Gasteiger partial charge in [-0.25, -0.2) is 0 Å². The smallest absolute Gasteiger partial charge is 0.237 e. The van der Waals surface area contributed by atoms with E-state index in [1.54, 1.807) is 0 Å². The fourth-order valence-electron chi connectivity index (χ4n) is 1.51. The van der Waals surface area contributed by atoms with Crippen LogP contribution in [0.1, 0.15) is 33.6 Å². The van der Waals surface area contributed by atoms with Crippen molar-refractivity contribution in [2.24, 2.45) is 5.73 Å². The number of carbonyl (C=O) groups excluding carboxylic acids is 1. The monoisotopic (exact) mass is 215 g/mol. The topological polar surface area (TPSA) is 58.4 Å². The lowest BCUT2D eigenvalue weighted by Gasteiger charge is -2.27. The number of carbonyl (C=O) groups is 1. The van der Waals surface area contributed by atoms with E-state index in [-0.39, 0.29) is 11.9 Å². The summed E-state index contributed by atoms with van der Waals surface area (Å²) in [5.74, 6) is 0.110. The summed E-state index contributed by atoms with van der Waals surface area (Å²) < 4.78 is 0. The highest BCUT2D eigenvalue weighted by atomic mass is 16.2. The van der Waals surface area contributed by atoms with Crippen molar-refractivity contribution in [3.05, 3.63) is 0 Å².